The summed E-state index contributed by atoms with van der Waals surface area (Å²) < 4.78 is 69.6. The minimum Gasteiger partial charge on any atom is -0.466 e. The second-order valence-electron chi connectivity index (χ2n) is 5.48. The minimum atomic E-state index is -5.82. The van der Waals surface area contributed by atoms with Gasteiger partial charge in [-0.05, 0) is 42.2 Å². The van der Waals surface area contributed by atoms with Crippen molar-refractivity contribution in [1.82, 2.24) is 0 Å². The topological polar surface area (TPSA) is 69.7 Å². The minimum absolute atomic E-state index is 0.0395. The fourth-order valence-electron chi connectivity index (χ4n) is 2.30. The second-order valence-corrected chi connectivity index (χ2v) is 7.01. The second kappa shape index (κ2) is 8.43. The number of esters is 1. The fraction of sp³-hybridized carbons (Fsp3) is 0.278. The Labute approximate surface area is 154 Å². The average Bonchev–Trinajstić information content (AvgIpc) is 2.60. The number of halogens is 3. The van der Waals surface area contributed by atoms with Crippen LogP contribution >= 0.6 is 0 Å². The van der Waals surface area contributed by atoms with Gasteiger partial charge in [0.15, 0.2) is 0 Å². The van der Waals surface area contributed by atoms with Gasteiger partial charge in [-0.1, -0.05) is 36.4 Å². The first-order chi connectivity index (χ1) is 12.6. The Balaban J connectivity index is 2.38. The Morgan fingerprint density at radius 2 is 1.70 bits per heavy atom. The quantitative estimate of drug-likeness (QED) is 0.397. The zero-order valence-corrected chi connectivity index (χ0v) is 15.1. The molecule has 0 atom stereocenters. The van der Waals surface area contributed by atoms with Gasteiger partial charge in [0.05, 0.1) is 6.61 Å². The number of rotatable bonds is 7. The molecule has 9 heteroatoms. The van der Waals surface area contributed by atoms with Crippen molar-refractivity contribution < 1.29 is 35.3 Å². The summed E-state index contributed by atoms with van der Waals surface area (Å²) in [5.41, 5.74) is -3.98. The van der Waals surface area contributed by atoms with Crippen molar-refractivity contribution in [3.63, 3.8) is 0 Å². The summed E-state index contributed by atoms with van der Waals surface area (Å²) >= 11 is 0. The van der Waals surface area contributed by atoms with Crippen molar-refractivity contribution in [2.75, 3.05) is 6.61 Å². The standard InChI is InChI=1S/C18H17F3O5S/c1-2-25-17(22)11-9-15-12-14(13-6-4-3-5-7-13)8-10-16(15)26-27(23,24)18(19,20)21/h3-8,10,12H,2,9,11H2,1H3. The number of aryl methyl sites for hydroxylation is 1. The molecule has 0 aromatic heterocycles. The Hall–Kier alpha value is -2.55. The van der Waals surface area contributed by atoms with Gasteiger partial charge < -0.3 is 8.92 Å². The van der Waals surface area contributed by atoms with E-state index in [1.807, 2.05) is 0 Å². The molecular weight excluding hydrogens is 385 g/mol. The van der Waals surface area contributed by atoms with Crippen LogP contribution in [0.5, 0.6) is 5.75 Å². The summed E-state index contributed by atoms with van der Waals surface area (Å²) in [4.78, 5) is 11.6. The Morgan fingerprint density at radius 1 is 1.04 bits per heavy atom. The number of carbonyl (C=O) groups excluding carboxylic acids is 1. The summed E-state index contributed by atoms with van der Waals surface area (Å²) in [5, 5.41) is 0. The molecule has 0 aliphatic carbocycles. The maximum atomic E-state index is 12.6. The van der Waals surface area contributed by atoms with E-state index < -0.39 is 27.3 Å². The zero-order valence-electron chi connectivity index (χ0n) is 14.3. The first-order valence-corrected chi connectivity index (χ1v) is 9.39. The Morgan fingerprint density at radius 3 is 2.30 bits per heavy atom. The van der Waals surface area contributed by atoms with E-state index in [1.165, 1.54) is 12.1 Å². The average molecular weight is 402 g/mol. The molecule has 0 fully saturated rings. The maximum absolute atomic E-state index is 12.6. The summed E-state index contributed by atoms with van der Waals surface area (Å²) in [7, 11) is -5.82. The number of benzene rings is 2. The third kappa shape index (κ3) is 5.46. The van der Waals surface area contributed by atoms with E-state index in [0.717, 1.165) is 11.6 Å². The van der Waals surface area contributed by atoms with E-state index in [1.54, 1.807) is 37.3 Å². The molecule has 0 N–H and O–H groups in total. The highest BCUT2D eigenvalue weighted by molar-refractivity contribution is 7.88. The molecule has 0 saturated heterocycles. The molecule has 2 rings (SSSR count). The molecule has 0 aliphatic rings. The van der Waals surface area contributed by atoms with Crippen LogP contribution in [-0.2, 0) is 26.1 Å². The summed E-state index contributed by atoms with van der Waals surface area (Å²) in [5.74, 6) is -1.02. The van der Waals surface area contributed by atoms with Gasteiger partial charge in [0, 0.05) is 6.42 Å². The lowest BCUT2D eigenvalue weighted by atomic mass is 10.00. The van der Waals surface area contributed by atoms with Crippen LogP contribution in [0.4, 0.5) is 13.2 Å². The molecule has 0 aliphatic heterocycles. The van der Waals surface area contributed by atoms with Gasteiger partial charge in [-0.2, -0.15) is 21.6 Å². The molecule has 0 bridgehead atoms. The molecule has 146 valence electrons. The Kier molecular flexibility index (Phi) is 6.48. The lowest BCUT2D eigenvalue weighted by Crippen LogP contribution is -2.28. The van der Waals surface area contributed by atoms with Crippen LogP contribution in [0.1, 0.15) is 18.9 Å². The molecule has 2 aromatic carbocycles. The van der Waals surface area contributed by atoms with Crippen molar-refractivity contribution in [3.8, 4) is 16.9 Å². The van der Waals surface area contributed by atoms with Gasteiger partial charge in [0.1, 0.15) is 5.75 Å². The largest absolute Gasteiger partial charge is 0.534 e. The van der Waals surface area contributed by atoms with E-state index in [0.29, 0.717) is 5.56 Å². The van der Waals surface area contributed by atoms with E-state index >= 15 is 0 Å². The molecule has 0 spiro atoms. The van der Waals surface area contributed by atoms with Crippen molar-refractivity contribution in [1.29, 1.82) is 0 Å². The fourth-order valence-corrected chi connectivity index (χ4v) is 2.80. The van der Waals surface area contributed by atoms with Crippen molar-refractivity contribution in [2.45, 2.75) is 25.3 Å². The van der Waals surface area contributed by atoms with Crippen LogP contribution in [0.25, 0.3) is 11.1 Å². The van der Waals surface area contributed by atoms with Crippen LogP contribution in [0.2, 0.25) is 0 Å². The van der Waals surface area contributed by atoms with Gasteiger partial charge in [-0.15, -0.1) is 0 Å². The number of ether oxygens (including phenoxy) is 1. The summed E-state index contributed by atoms with van der Waals surface area (Å²) in [6.07, 6.45) is -0.170. The molecule has 27 heavy (non-hydrogen) atoms. The molecule has 0 unspecified atom stereocenters. The van der Waals surface area contributed by atoms with E-state index in [-0.39, 0.29) is 25.0 Å². The molecule has 0 radical (unpaired) electrons. The summed E-state index contributed by atoms with van der Waals surface area (Å²) in [6.45, 7) is 1.78. The highest BCUT2D eigenvalue weighted by atomic mass is 32.2. The third-order valence-corrected chi connectivity index (χ3v) is 4.52. The first-order valence-electron chi connectivity index (χ1n) is 7.99. The highest BCUT2D eigenvalue weighted by Crippen LogP contribution is 2.32. The van der Waals surface area contributed by atoms with Crippen LogP contribution in [0.3, 0.4) is 0 Å². The predicted octanol–water partition coefficient (Wildman–Crippen LogP) is 4.08. The normalized spacial score (nSPS) is 11.9. The molecular formula is C18H17F3O5S. The molecule has 0 amide bonds. The van der Waals surface area contributed by atoms with Crippen molar-refractivity contribution in [3.05, 3.63) is 54.1 Å². The van der Waals surface area contributed by atoms with Crippen LogP contribution in [-0.4, -0.2) is 26.5 Å². The van der Waals surface area contributed by atoms with E-state index in [2.05, 4.69) is 4.18 Å². The SMILES string of the molecule is CCOC(=O)CCc1cc(-c2ccccc2)ccc1OS(=O)(=O)C(F)(F)F. The van der Waals surface area contributed by atoms with Gasteiger partial charge in [-0.3, -0.25) is 4.79 Å². The van der Waals surface area contributed by atoms with E-state index in [9.17, 15) is 26.4 Å². The van der Waals surface area contributed by atoms with Gasteiger partial charge in [-0.25, -0.2) is 0 Å². The number of hydrogen-bond acceptors (Lipinski definition) is 5. The number of hydrogen-bond donors (Lipinski definition) is 0. The molecule has 5 nitrogen and oxygen atoms in total. The molecule has 2 aromatic rings. The van der Waals surface area contributed by atoms with Crippen LogP contribution < -0.4 is 4.18 Å². The predicted molar refractivity (Wildman–Crippen MR) is 92.4 cm³/mol. The Bertz CT molecular complexity index is 893. The lowest BCUT2D eigenvalue weighted by Gasteiger charge is -2.14. The lowest BCUT2D eigenvalue weighted by molar-refractivity contribution is -0.143. The van der Waals surface area contributed by atoms with Crippen molar-refractivity contribution in [2.24, 2.45) is 0 Å². The zero-order chi connectivity index (χ0) is 20.1. The molecule has 0 heterocycles. The first kappa shape index (κ1) is 20.8. The highest BCUT2D eigenvalue weighted by Gasteiger charge is 2.48. The monoisotopic (exact) mass is 402 g/mol. The van der Waals surface area contributed by atoms with Gasteiger partial charge >= 0.3 is 21.6 Å². The number of alkyl halides is 3. The van der Waals surface area contributed by atoms with Crippen LogP contribution in [0.15, 0.2) is 48.5 Å². The summed E-state index contributed by atoms with van der Waals surface area (Å²) in [6, 6.07) is 13.0. The number of carbonyl (C=O) groups is 1. The van der Waals surface area contributed by atoms with Crippen LogP contribution in [0, 0.1) is 0 Å². The third-order valence-electron chi connectivity index (χ3n) is 3.55. The smallest absolute Gasteiger partial charge is 0.466 e. The van der Waals surface area contributed by atoms with Gasteiger partial charge in [0.25, 0.3) is 0 Å². The maximum Gasteiger partial charge on any atom is 0.534 e. The van der Waals surface area contributed by atoms with E-state index in [4.69, 9.17) is 4.74 Å². The van der Waals surface area contributed by atoms with Gasteiger partial charge in [0.2, 0.25) is 0 Å². The molecule has 0 saturated carbocycles. The van der Waals surface area contributed by atoms with Crippen molar-refractivity contribution >= 4 is 16.1 Å².